The number of carbonyl (C=O) groups is 1. The van der Waals surface area contributed by atoms with Crippen molar-refractivity contribution in [1.29, 1.82) is 0 Å². The van der Waals surface area contributed by atoms with Gasteiger partial charge in [0.15, 0.2) is 5.82 Å². The number of hydrogen-bond donors (Lipinski definition) is 1. The van der Waals surface area contributed by atoms with Crippen LogP contribution in [0.25, 0.3) is 27.3 Å². The minimum absolute atomic E-state index is 0.102. The van der Waals surface area contributed by atoms with Crippen molar-refractivity contribution in [2.45, 2.75) is 0 Å². The van der Waals surface area contributed by atoms with Gasteiger partial charge in [-0.25, -0.2) is 9.67 Å². The first-order valence-corrected chi connectivity index (χ1v) is 9.88. The molecule has 1 amide bonds. The van der Waals surface area contributed by atoms with Crippen molar-refractivity contribution < 1.29 is 4.79 Å². The van der Waals surface area contributed by atoms with Gasteiger partial charge in [0.05, 0.1) is 28.0 Å². The normalized spacial score (nSPS) is 10.9. The fourth-order valence-corrected chi connectivity index (χ4v) is 3.75. The molecule has 3 aromatic heterocycles. The van der Waals surface area contributed by atoms with Crippen LogP contribution in [0.4, 0.5) is 5.69 Å². The van der Waals surface area contributed by atoms with E-state index in [0.717, 1.165) is 21.5 Å². The van der Waals surface area contributed by atoms with Gasteiger partial charge < -0.3 is 5.32 Å². The van der Waals surface area contributed by atoms with Crippen LogP contribution in [0.3, 0.4) is 0 Å². The van der Waals surface area contributed by atoms with Crippen molar-refractivity contribution in [3.8, 4) is 16.4 Å². The number of hydrogen-bond acceptors (Lipinski definition) is 5. The number of carbonyl (C=O) groups excluding carboxylic acids is 1. The van der Waals surface area contributed by atoms with Crippen molar-refractivity contribution in [1.82, 2.24) is 19.7 Å². The molecule has 0 bridgehead atoms. The molecule has 2 aromatic carbocycles. The molecule has 0 saturated heterocycles. The van der Waals surface area contributed by atoms with Gasteiger partial charge >= 0.3 is 0 Å². The molecule has 5 rings (SSSR count). The van der Waals surface area contributed by atoms with Crippen LogP contribution < -0.4 is 5.32 Å². The smallest absolute Gasteiger partial charge is 0.295 e. The Morgan fingerprint density at radius 1 is 0.966 bits per heavy atom. The van der Waals surface area contributed by atoms with Gasteiger partial charge in [-0.2, -0.15) is 0 Å². The molecule has 0 atom stereocenters. The van der Waals surface area contributed by atoms with Crippen LogP contribution in [-0.2, 0) is 0 Å². The summed E-state index contributed by atoms with van der Waals surface area (Å²) in [4.78, 5) is 22.7. The number of thiophene rings is 1. The lowest BCUT2D eigenvalue weighted by Crippen LogP contribution is -2.14. The zero-order valence-electron chi connectivity index (χ0n) is 15.2. The Kier molecular flexibility index (Phi) is 4.34. The number of para-hydroxylation sites is 2. The van der Waals surface area contributed by atoms with E-state index in [9.17, 15) is 4.79 Å². The lowest BCUT2D eigenvalue weighted by molar-refractivity contribution is 0.101. The highest BCUT2D eigenvalue weighted by atomic mass is 32.1. The second-order valence-electron chi connectivity index (χ2n) is 6.35. The summed E-state index contributed by atoms with van der Waals surface area (Å²) in [6, 6.07) is 23.2. The Morgan fingerprint density at radius 2 is 1.79 bits per heavy atom. The highest BCUT2D eigenvalue weighted by Crippen LogP contribution is 2.26. The zero-order chi connectivity index (χ0) is 19.6. The molecule has 5 aromatic rings. The molecule has 0 aliphatic heterocycles. The monoisotopic (exact) mass is 397 g/mol. The van der Waals surface area contributed by atoms with Gasteiger partial charge in [-0.05, 0) is 35.7 Å². The molecule has 6 nitrogen and oxygen atoms in total. The number of nitrogens with zero attached hydrogens (tertiary/aromatic N) is 4. The standard InChI is InChI=1S/C22H15N5OS/c28-22(24-16-13-15-7-4-5-10-18(15)23-14-16)20-25-21(19-11-6-12-29-19)27(26-20)17-8-2-1-3-9-17/h1-14H,(H,24,28). The Balaban J connectivity index is 1.51. The van der Waals surface area contributed by atoms with Crippen LogP contribution in [0, 0.1) is 0 Å². The molecule has 0 fully saturated rings. The van der Waals surface area contributed by atoms with E-state index in [1.807, 2.05) is 78.2 Å². The van der Waals surface area contributed by atoms with Gasteiger partial charge in [0.2, 0.25) is 5.82 Å². The molecule has 7 heteroatoms. The minimum Gasteiger partial charge on any atom is -0.318 e. The third kappa shape index (κ3) is 3.39. The summed E-state index contributed by atoms with van der Waals surface area (Å²) in [7, 11) is 0. The summed E-state index contributed by atoms with van der Waals surface area (Å²) >= 11 is 1.55. The maximum atomic E-state index is 12.8. The molecule has 0 saturated carbocycles. The quantitative estimate of drug-likeness (QED) is 0.473. The first-order chi connectivity index (χ1) is 14.3. The lowest BCUT2D eigenvalue weighted by Gasteiger charge is -2.04. The highest BCUT2D eigenvalue weighted by molar-refractivity contribution is 7.13. The Hall–Kier alpha value is -3.84. The predicted octanol–water partition coefficient (Wildman–Crippen LogP) is 4.80. The number of nitrogens with one attached hydrogen (secondary N) is 1. The summed E-state index contributed by atoms with van der Waals surface area (Å²) < 4.78 is 1.69. The zero-order valence-corrected chi connectivity index (χ0v) is 16.0. The number of anilines is 1. The molecular weight excluding hydrogens is 382 g/mol. The van der Waals surface area contributed by atoms with Gasteiger partial charge in [0.25, 0.3) is 5.91 Å². The molecule has 0 aliphatic carbocycles. The molecule has 0 spiro atoms. The van der Waals surface area contributed by atoms with E-state index in [0.29, 0.717) is 11.5 Å². The van der Waals surface area contributed by atoms with Crippen molar-refractivity contribution >= 4 is 33.8 Å². The van der Waals surface area contributed by atoms with Crippen LogP contribution in [0.5, 0.6) is 0 Å². The summed E-state index contributed by atoms with van der Waals surface area (Å²) in [5.41, 5.74) is 2.31. The molecular formula is C22H15N5OS. The Bertz CT molecular complexity index is 1300. The van der Waals surface area contributed by atoms with E-state index in [1.54, 1.807) is 22.2 Å². The van der Waals surface area contributed by atoms with E-state index in [1.165, 1.54) is 0 Å². The average Bonchev–Trinajstić information content (AvgIpc) is 3.44. The van der Waals surface area contributed by atoms with Gasteiger partial charge in [0, 0.05) is 5.39 Å². The first kappa shape index (κ1) is 17.3. The summed E-state index contributed by atoms with van der Waals surface area (Å²) in [6.07, 6.45) is 1.63. The molecule has 140 valence electrons. The van der Waals surface area contributed by atoms with Crippen LogP contribution in [-0.4, -0.2) is 25.7 Å². The van der Waals surface area contributed by atoms with Crippen molar-refractivity contribution in [2.24, 2.45) is 0 Å². The number of pyridine rings is 1. The summed E-state index contributed by atoms with van der Waals surface area (Å²) in [5.74, 6) is 0.355. The molecule has 0 unspecified atom stereocenters. The highest BCUT2D eigenvalue weighted by Gasteiger charge is 2.19. The Morgan fingerprint density at radius 3 is 2.62 bits per heavy atom. The maximum absolute atomic E-state index is 12.8. The van der Waals surface area contributed by atoms with E-state index < -0.39 is 0 Å². The number of aromatic nitrogens is 4. The third-order valence-corrected chi connectivity index (χ3v) is 5.27. The van der Waals surface area contributed by atoms with Crippen LogP contribution in [0.2, 0.25) is 0 Å². The fourth-order valence-electron chi connectivity index (χ4n) is 3.05. The van der Waals surface area contributed by atoms with E-state index >= 15 is 0 Å². The number of fused-ring (bicyclic) bond motifs is 1. The van der Waals surface area contributed by atoms with Gasteiger partial charge in [0.1, 0.15) is 0 Å². The fraction of sp³-hybridized carbons (Fsp3) is 0. The minimum atomic E-state index is -0.380. The summed E-state index contributed by atoms with van der Waals surface area (Å²) in [6.45, 7) is 0. The third-order valence-electron chi connectivity index (χ3n) is 4.40. The van der Waals surface area contributed by atoms with Gasteiger partial charge in [-0.15, -0.1) is 16.4 Å². The van der Waals surface area contributed by atoms with Crippen LogP contribution in [0.15, 0.2) is 84.4 Å². The predicted molar refractivity (Wildman–Crippen MR) is 114 cm³/mol. The molecule has 0 aliphatic rings. The van der Waals surface area contributed by atoms with E-state index in [4.69, 9.17) is 0 Å². The van der Waals surface area contributed by atoms with Crippen molar-refractivity contribution in [3.63, 3.8) is 0 Å². The Labute approximate surface area is 170 Å². The lowest BCUT2D eigenvalue weighted by atomic mass is 10.2. The van der Waals surface area contributed by atoms with Gasteiger partial charge in [-0.3, -0.25) is 9.78 Å². The van der Waals surface area contributed by atoms with Crippen LogP contribution >= 0.6 is 11.3 Å². The molecule has 0 radical (unpaired) electrons. The van der Waals surface area contributed by atoms with Crippen molar-refractivity contribution in [2.75, 3.05) is 5.32 Å². The van der Waals surface area contributed by atoms with E-state index in [2.05, 4.69) is 20.4 Å². The second-order valence-corrected chi connectivity index (χ2v) is 7.30. The number of amides is 1. The van der Waals surface area contributed by atoms with Crippen LogP contribution in [0.1, 0.15) is 10.6 Å². The molecule has 29 heavy (non-hydrogen) atoms. The molecule has 1 N–H and O–H groups in total. The maximum Gasteiger partial charge on any atom is 0.295 e. The SMILES string of the molecule is O=C(Nc1cnc2ccccc2c1)c1nc(-c2cccs2)n(-c2ccccc2)n1. The van der Waals surface area contributed by atoms with Crippen molar-refractivity contribution in [3.05, 3.63) is 90.2 Å². The topological polar surface area (TPSA) is 72.7 Å². The number of benzene rings is 2. The largest absolute Gasteiger partial charge is 0.318 e. The van der Waals surface area contributed by atoms with E-state index in [-0.39, 0.29) is 11.7 Å². The first-order valence-electron chi connectivity index (χ1n) is 9.00. The second kappa shape index (κ2) is 7.29. The number of rotatable bonds is 4. The average molecular weight is 397 g/mol. The summed E-state index contributed by atoms with van der Waals surface area (Å²) in [5, 5.41) is 10.2. The van der Waals surface area contributed by atoms with Gasteiger partial charge in [-0.1, -0.05) is 42.5 Å². The molecule has 3 heterocycles.